The van der Waals surface area contributed by atoms with Gasteiger partial charge in [-0.2, -0.15) is 0 Å². The minimum Gasteiger partial charge on any atom is -0.375 e. The molecule has 0 aromatic rings. The highest BCUT2D eigenvalue weighted by Gasteiger charge is 2.41. The summed E-state index contributed by atoms with van der Waals surface area (Å²) < 4.78 is 5.53. The summed E-state index contributed by atoms with van der Waals surface area (Å²) in [6.07, 6.45) is 1.72. The number of nitrogens with zero attached hydrogens (tertiary/aromatic N) is 1. The lowest BCUT2D eigenvalue weighted by Gasteiger charge is -2.34. The number of ether oxygens (including phenoxy) is 1. The first-order chi connectivity index (χ1) is 5.68. The summed E-state index contributed by atoms with van der Waals surface area (Å²) in [4.78, 5) is 2.50. The predicted molar refractivity (Wildman–Crippen MR) is 48.0 cm³/mol. The van der Waals surface area contributed by atoms with Gasteiger partial charge in [0, 0.05) is 24.7 Å². The molecule has 2 bridgehead atoms. The van der Waals surface area contributed by atoms with Gasteiger partial charge in [0.25, 0.3) is 0 Å². The Morgan fingerprint density at radius 3 is 2.67 bits per heavy atom. The summed E-state index contributed by atoms with van der Waals surface area (Å²) in [6, 6.07) is 1.42. The first-order valence-electron chi connectivity index (χ1n) is 4.81. The summed E-state index contributed by atoms with van der Waals surface area (Å²) in [5.74, 6) is 0. The Hall–Kier alpha value is -0.120. The number of hydrogen-bond donors (Lipinski definition) is 1. The van der Waals surface area contributed by atoms with Crippen molar-refractivity contribution in [2.24, 2.45) is 5.73 Å². The van der Waals surface area contributed by atoms with E-state index >= 15 is 0 Å². The third-order valence-corrected chi connectivity index (χ3v) is 3.23. The maximum atomic E-state index is 5.87. The maximum Gasteiger partial charge on any atom is 0.0718 e. The van der Waals surface area contributed by atoms with Gasteiger partial charge in [-0.1, -0.05) is 0 Å². The second kappa shape index (κ2) is 2.98. The van der Waals surface area contributed by atoms with Crippen molar-refractivity contribution in [3.63, 3.8) is 0 Å². The maximum absolute atomic E-state index is 5.87. The molecule has 70 valence electrons. The highest BCUT2D eigenvalue weighted by atomic mass is 16.5. The molecule has 4 atom stereocenters. The van der Waals surface area contributed by atoms with E-state index in [1.54, 1.807) is 0 Å². The fourth-order valence-corrected chi connectivity index (χ4v) is 2.23. The summed E-state index contributed by atoms with van der Waals surface area (Å²) in [5.41, 5.74) is 5.87. The van der Waals surface area contributed by atoms with E-state index in [0.717, 1.165) is 13.2 Å². The minimum absolute atomic E-state index is 0.268. The number of hydrogen-bond acceptors (Lipinski definition) is 3. The number of nitrogens with two attached hydrogens (primary N) is 1. The Balaban J connectivity index is 1.97. The number of likely N-dealkylation sites (tertiary alicyclic amines) is 1. The van der Waals surface area contributed by atoms with Crippen LogP contribution in [0.4, 0.5) is 0 Å². The van der Waals surface area contributed by atoms with E-state index in [0.29, 0.717) is 18.2 Å². The highest BCUT2D eigenvalue weighted by molar-refractivity contribution is 4.95. The predicted octanol–water partition coefficient (Wildman–Crippen LogP) is 0.195. The van der Waals surface area contributed by atoms with E-state index in [-0.39, 0.29) is 6.04 Å². The number of morpholine rings is 1. The molecule has 0 aromatic carbocycles. The van der Waals surface area contributed by atoms with Gasteiger partial charge >= 0.3 is 0 Å². The van der Waals surface area contributed by atoms with E-state index in [1.807, 2.05) is 0 Å². The standard InChI is InChI=1S/C9H18N2O/c1-6(10)7(2)11-4-9-3-8(11)5-12-9/h6-9H,3-5,10H2,1-2H3. The van der Waals surface area contributed by atoms with Crippen molar-refractivity contribution in [1.29, 1.82) is 0 Å². The van der Waals surface area contributed by atoms with Crippen LogP contribution in [-0.2, 0) is 4.74 Å². The average Bonchev–Trinajstić information content (AvgIpc) is 2.62. The van der Waals surface area contributed by atoms with Gasteiger partial charge < -0.3 is 10.5 Å². The smallest absolute Gasteiger partial charge is 0.0718 e. The largest absolute Gasteiger partial charge is 0.375 e. The van der Waals surface area contributed by atoms with E-state index in [2.05, 4.69) is 18.7 Å². The van der Waals surface area contributed by atoms with Crippen molar-refractivity contribution in [3.05, 3.63) is 0 Å². The topological polar surface area (TPSA) is 38.5 Å². The van der Waals surface area contributed by atoms with Crippen LogP contribution in [0.15, 0.2) is 0 Å². The minimum atomic E-state index is 0.268. The first-order valence-corrected chi connectivity index (χ1v) is 4.81. The zero-order valence-electron chi connectivity index (χ0n) is 7.86. The van der Waals surface area contributed by atoms with E-state index < -0.39 is 0 Å². The molecule has 2 rings (SSSR count). The molecule has 2 saturated heterocycles. The first kappa shape index (κ1) is 8.48. The van der Waals surface area contributed by atoms with Crippen LogP contribution in [0.2, 0.25) is 0 Å². The van der Waals surface area contributed by atoms with Gasteiger partial charge in [-0.15, -0.1) is 0 Å². The van der Waals surface area contributed by atoms with Crippen LogP contribution in [0, 0.1) is 0 Å². The molecule has 0 amide bonds. The van der Waals surface area contributed by atoms with Gasteiger partial charge in [0.05, 0.1) is 12.7 Å². The molecule has 12 heavy (non-hydrogen) atoms. The normalized spacial score (nSPS) is 40.2. The van der Waals surface area contributed by atoms with Crippen molar-refractivity contribution < 1.29 is 4.74 Å². The molecule has 2 N–H and O–H groups in total. The lowest BCUT2D eigenvalue weighted by atomic mass is 10.1. The fourth-order valence-electron chi connectivity index (χ4n) is 2.23. The van der Waals surface area contributed by atoms with Crippen LogP contribution in [0.3, 0.4) is 0 Å². The molecule has 2 aliphatic rings. The van der Waals surface area contributed by atoms with Crippen molar-refractivity contribution in [2.75, 3.05) is 13.2 Å². The SMILES string of the molecule is CC(N)C(C)N1CC2CC1CO2. The third kappa shape index (κ3) is 1.26. The van der Waals surface area contributed by atoms with E-state index in [4.69, 9.17) is 10.5 Å². The Labute approximate surface area is 73.9 Å². The molecule has 0 aliphatic carbocycles. The fraction of sp³-hybridized carbons (Fsp3) is 1.00. The lowest BCUT2D eigenvalue weighted by molar-refractivity contribution is 0.0111. The summed E-state index contributed by atoms with van der Waals surface area (Å²) in [6.45, 7) is 6.30. The average molecular weight is 170 g/mol. The van der Waals surface area contributed by atoms with Crippen molar-refractivity contribution in [2.45, 2.75) is 44.5 Å². The van der Waals surface area contributed by atoms with E-state index in [9.17, 15) is 0 Å². The Morgan fingerprint density at radius 1 is 1.50 bits per heavy atom. The Bertz CT molecular complexity index is 172. The molecule has 3 heteroatoms. The second-order valence-electron chi connectivity index (χ2n) is 4.14. The molecular formula is C9H18N2O. The summed E-state index contributed by atoms with van der Waals surface area (Å²) >= 11 is 0. The molecule has 0 spiro atoms. The van der Waals surface area contributed by atoms with Crippen LogP contribution >= 0.6 is 0 Å². The Kier molecular flexibility index (Phi) is 2.10. The van der Waals surface area contributed by atoms with Crippen LogP contribution in [0.25, 0.3) is 0 Å². The Morgan fingerprint density at radius 2 is 2.25 bits per heavy atom. The van der Waals surface area contributed by atoms with Gasteiger partial charge in [0.1, 0.15) is 0 Å². The van der Waals surface area contributed by atoms with Crippen LogP contribution < -0.4 is 5.73 Å². The van der Waals surface area contributed by atoms with Crippen molar-refractivity contribution in [1.82, 2.24) is 4.90 Å². The summed E-state index contributed by atoms with van der Waals surface area (Å²) in [5, 5.41) is 0. The van der Waals surface area contributed by atoms with Crippen molar-refractivity contribution in [3.8, 4) is 0 Å². The van der Waals surface area contributed by atoms with Gasteiger partial charge in [-0.25, -0.2) is 0 Å². The van der Waals surface area contributed by atoms with Crippen LogP contribution in [-0.4, -0.2) is 42.3 Å². The highest BCUT2D eigenvalue weighted by Crippen LogP contribution is 2.29. The molecule has 3 nitrogen and oxygen atoms in total. The quantitative estimate of drug-likeness (QED) is 0.643. The monoisotopic (exact) mass is 170 g/mol. The molecule has 2 fully saturated rings. The van der Waals surface area contributed by atoms with E-state index in [1.165, 1.54) is 6.42 Å². The summed E-state index contributed by atoms with van der Waals surface area (Å²) in [7, 11) is 0. The molecule has 0 aromatic heterocycles. The molecule has 2 aliphatic heterocycles. The zero-order chi connectivity index (χ0) is 8.72. The number of rotatable bonds is 2. The van der Waals surface area contributed by atoms with Gasteiger partial charge in [-0.05, 0) is 20.3 Å². The molecule has 0 saturated carbocycles. The third-order valence-electron chi connectivity index (χ3n) is 3.23. The molecule has 4 unspecified atom stereocenters. The molecule has 0 radical (unpaired) electrons. The molecule has 2 heterocycles. The van der Waals surface area contributed by atoms with Gasteiger partial charge in [-0.3, -0.25) is 4.90 Å². The van der Waals surface area contributed by atoms with Crippen LogP contribution in [0.5, 0.6) is 0 Å². The lowest BCUT2D eigenvalue weighted by Crippen LogP contribution is -2.49. The second-order valence-corrected chi connectivity index (χ2v) is 4.14. The number of fused-ring (bicyclic) bond motifs is 2. The van der Waals surface area contributed by atoms with Gasteiger partial charge in [0.2, 0.25) is 0 Å². The van der Waals surface area contributed by atoms with Gasteiger partial charge in [0.15, 0.2) is 0 Å². The molecular weight excluding hydrogens is 152 g/mol. The van der Waals surface area contributed by atoms with Crippen molar-refractivity contribution >= 4 is 0 Å². The zero-order valence-corrected chi connectivity index (χ0v) is 7.86. The van der Waals surface area contributed by atoms with Crippen LogP contribution in [0.1, 0.15) is 20.3 Å².